The molecule has 0 saturated carbocycles. The largest absolute Gasteiger partial charge is 0.384 e. The van der Waals surface area contributed by atoms with Gasteiger partial charge in [0.25, 0.3) is 5.91 Å². The molecule has 3 heterocycles. The standard InChI is InChI=1S/C14H17N5OS/c1-9-6-11(15)18-13(17-9)14(2)4-3-5-19(14)12(20)10-7-16-8-21-10/h6-8H,3-5H2,1-2H3,(H2,15,17,18). The van der Waals surface area contributed by atoms with Gasteiger partial charge < -0.3 is 10.6 Å². The maximum atomic E-state index is 12.7. The molecule has 7 heteroatoms. The molecule has 0 aliphatic carbocycles. The topological polar surface area (TPSA) is 85.0 Å². The van der Waals surface area contributed by atoms with Crippen molar-refractivity contribution in [3.63, 3.8) is 0 Å². The lowest BCUT2D eigenvalue weighted by atomic mass is 9.97. The number of aromatic nitrogens is 3. The molecule has 1 aliphatic rings. The van der Waals surface area contributed by atoms with Crippen molar-refractivity contribution in [1.29, 1.82) is 0 Å². The van der Waals surface area contributed by atoms with Gasteiger partial charge in [-0.3, -0.25) is 9.78 Å². The third-order valence-electron chi connectivity index (χ3n) is 3.89. The smallest absolute Gasteiger partial charge is 0.266 e. The van der Waals surface area contributed by atoms with Gasteiger partial charge in [0.15, 0.2) is 5.82 Å². The summed E-state index contributed by atoms with van der Waals surface area (Å²) in [5, 5.41) is 0. The average Bonchev–Trinajstić information content (AvgIpc) is 3.06. The second-order valence-electron chi connectivity index (χ2n) is 5.46. The Morgan fingerprint density at radius 1 is 1.48 bits per heavy atom. The van der Waals surface area contributed by atoms with Crippen molar-refractivity contribution in [2.45, 2.75) is 32.2 Å². The van der Waals surface area contributed by atoms with E-state index < -0.39 is 5.54 Å². The van der Waals surface area contributed by atoms with Gasteiger partial charge in [0.05, 0.1) is 11.7 Å². The summed E-state index contributed by atoms with van der Waals surface area (Å²) in [6.45, 7) is 4.59. The number of thiazole rings is 1. The number of amides is 1. The normalized spacial score (nSPS) is 21.7. The Labute approximate surface area is 127 Å². The van der Waals surface area contributed by atoms with Gasteiger partial charge in [0.2, 0.25) is 0 Å². The van der Waals surface area contributed by atoms with Gasteiger partial charge >= 0.3 is 0 Å². The second kappa shape index (κ2) is 5.07. The fourth-order valence-electron chi connectivity index (χ4n) is 2.81. The molecule has 6 nitrogen and oxygen atoms in total. The van der Waals surface area contributed by atoms with Crippen molar-refractivity contribution < 1.29 is 4.79 Å². The highest BCUT2D eigenvalue weighted by Gasteiger charge is 2.44. The zero-order valence-electron chi connectivity index (χ0n) is 12.0. The van der Waals surface area contributed by atoms with E-state index >= 15 is 0 Å². The van der Waals surface area contributed by atoms with E-state index in [1.54, 1.807) is 17.8 Å². The number of rotatable bonds is 2. The minimum absolute atomic E-state index is 0.0128. The van der Waals surface area contributed by atoms with Crippen molar-refractivity contribution in [1.82, 2.24) is 19.9 Å². The summed E-state index contributed by atoms with van der Waals surface area (Å²) >= 11 is 1.35. The Kier molecular flexibility index (Phi) is 3.36. The van der Waals surface area contributed by atoms with Crippen molar-refractivity contribution in [3.05, 3.63) is 34.2 Å². The molecule has 1 amide bonds. The van der Waals surface area contributed by atoms with Crippen molar-refractivity contribution in [2.24, 2.45) is 0 Å². The van der Waals surface area contributed by atoms with Gasteiger partial charge in [-0.15, -0.1) is 11.3 Å². The molecule has 1 atom stereocenters. The molecule has 110 valence electrons. The first-order valence-electron chi connectivity index (χ1n) is 6.83. The molecular formula is C14H17N5OS. The fraction of sp³-hybridized carbons (Fsp3) is 0.429. The predicted molar refractivity (Wildman–Crippen MR) is 80.9 cm³/mol. The first-order valence-corrected chi connectivity index (χ1v) is 7.71. The first kappa shape index (κ1) is 13.9. The number of carbonyl (C=O) groups is 1. The highest BCUT2D eigenvalue weighted by Crippen LogP contribution is 2.38. The first-order chi connectivity index (χ1) is 10.0. The van der Waals surface area contributed by atoms with E-state index in [0.29, 0.717) is 23.1 Å². The highest BCUT2D eigenvalue weighted by molar-refractivity contribution is 7.11. The van der Waals surface area contributed by atoms with Crippen molar-refractivity contribution in [3.8, 4) is 0 Å². The van der Waals surface area contributed by atoms with Gasteiger partial charge in [-0.1, -0.05) is 0 Å². The van der Waals surface area contributed by atoms with E-state index in [4.69, 9.17) is 5.73 Å². The number of carbonyl (C=O) groups excluding carboxylic acids is 1. The number of aryl methyl sites for hydroxylation is 1. The van der Waals surface area contributed by atoms with Crippen LogP contribution in [0.1, 0.15) is 41.0 Å². The lowest BCUT2D eigenvalue weighted by Gasteiger charge is -2.33. The van der Waals surface area contributed by atoms with Crippen LogP contribution in [0.25, 0.3) is 0 Å². The molecule has 0 aromatic carbocycles. The summed E-state index contributed by atoms with van der Waals surface area (Å²) in [6, 6.07) is 1.73. The number of anilines is 1. The van der Waals surface area contributed by atoms with Gasteiger partial charge in [-0.25, -0.2) is 9.97 Å². The number of nitrogen functional groups attached to an aromatic ring is 1. The molecule has 0 radical (unpaired) electrons. The van der Waals surface area contributed by atoms with Crippen LogP contribution in [-0.2, 0) is 5.54 Å². The Morgan fingerprint density at radius 2 is 2.29 bits per heavy atom. The van der Waals surface area contributed by atoms with Crippen molar-refractivity contribution in [2.75, 3.05) is 12.3 Å². The van der Waals surface area contributed by atoms with Crippen LogP contribution in [0.4, 0.5) is 5.82 Å². The number of hydrogen-bond acceptors (Lipinski definition) is 6. The van der Waals surface area contributed by atoms with Gasteiger partial charge in [-0.2, -0.15) is 0 Å². The van der Waals surface area contributed by atoms with Gasteiger partial charge in [-0.05, 0) is 26.7 Å². The fourth-order valence-corrected chi connectivity index (χ4v) is 3.38. The van der Waals surface area contributed by atoms with Crippen LogP contribution < -0.4 is 5.73 Å². The number of nitrogens with two attached hydrogens (primary N) is 1. The average molecular weight is 303 g/mol. The minimum atomic E-state index is -0.513. The van der Waals surface area contributed by atoms with E-state index in [1.165, 1.54) is 11.3 Å². The van der Waals surface area contributed by atoms with E-state index in [1.807, 2.05) is 18.7 Å². The number of likely N-dealkylation sites (tertiary alicyclic amines) is 1. The van der Waals surface area contributed by atoms with Crippen LogP contribution in [0.3, 0.4) is 0 Å². The molecule has 0 spiro atoms. The molecule has 0 bridgehead atoms. The third kappa shape index (κ3) is 2.37. The van der Waals surface area contributed by atoms with E-state index in [-0.39, 0.29) is 5.91 Å². The second-order valence-corrected chi connectivity index (χ2v) is 6.34. The van der Waals surface area contributed by atoms with E-state index in [0.717, 1.165) is 18.5 Å². The van der Waals surface area contributed by atoms with Crippen LogP contribution in [0.2, 0.25) is 0 Å². The van der Waals surface area contributed by atoms with Crippen LogP contribution in [0.5, 0.6) is 0 Å². The lowest BCUT2D eigenvalue weighted by Crippen LogP contribution is -2.44. The SMILES string of the molecule is Cc1cc(N)nc(C2(C)CCCN2C(=O)c2cncs2)n1. The van der Waals surface area contributed by atoms with Gasteiger partial charge in [0, 0.05) is 18.3 Å². The zero-order valence-corrected chi connectivity index (χ0v) is 12.9. The molecule has 2 N–H and O–H groups in total. The summed E-state index contributed by atoms with van der Waals surface area (Å²) in [5.41, 5.74) is 7.81. The highest BCUT2D eigenvalue weighted by atomic mass is 32.1. The van der Waals surface area contributed by atoms with E-state index in [9.17, 15) is 4.79 Å². The molecule has 1 fully saturated rings. The Hall–Kier alpha value is -2.02. The molecule has 1 aliphatic heterocycles. The predicted octanol–water partition coefficient (Wildman–Crippen LogP) is 1.98. The minimum Gasteiger partial charge on any atom is -0.384 e. The molecule has 21 heavy (non-hydrogen) atoms. The van der Waals surface area contributed by atoms with E-state index in [2.05, 4.69) is 15.0 Å². The number of nitrogens with zero attached hydrogens (tertiary/aromatic N) is 4. The summed E-state index contributed by atoms with van der Waals surface area (Å²) < 4.78 is 0. The summed E-state index contributed by atoms with van der Waals surface area (Å²) in [6.07, 6.45) is 3.37. The van der Waals surface area contributed by atoms with Crippen molar-refractivity contribution >= 4 is 23.1 Å². The lowest BCUT2D eigenvalue weighted by molar-refractivity contribution is 0.0608. The molecular weight excluding hydrogens is 286 g/mol. The van der Waals surface area contributed by atoms with Crippen LogP contribution >= 0.6 is 11.3 Å². The molecule has 1 saturated heterocycles. The quantitative estimate of drug-likeness (QED) is 0.917. The number of hydrogen-bond donors (Lipinski definition) is 1. The summed E-state index contributed by atoms with van der Waals surface area (Å²) in [5.74, 6) is 1.05. The molecule has 3 rings (SSSR count). The van der Waals surface area contributed by atoms with Gasteiger partial charge in [0.1, 0.15) is 16.2 Å². The maximum absolute atomic E-state index is 12.7. The molecule has 1 unspecified atom stereocenters. The molecule has 2 aromatic rings. The Bertz CT molecular complexity index is 652. The third-order valence-corrected chi connectivity index (χ3v) is 4.65. The molecule has 2 aromatic heterocycles. The zero-order chi connectivity index (χ0) is 15.0. The van der Waals surface area contributed by atoms with Crippen LogP contribution in [-0.4, -0.2) is 32.3 Å². The Balaban J connectivity index is 2.00. The monoisotopic (exact) mass is 303 g/mol. The summed E-state index contributed by atoms with van der Waals surface area (Å²) in [4.78, 5) is 28.0. The van der Waals surface area contributed by atoms with Crippen LogP contribution in [0.15, 0.2) is 17.8 Å². The summed E-state index contributed by atoms with van der Waals surface area (Å²) in [7, 11) is 0. The maximum Gasteiger partial charge on any atom is 0.266 e. The van der Waals surface area contributed by atoms with Crippen LogP contribution in [0, 0.1) is 6.92 Å². The Morgan fingerprint density at radius 3 is 2.95 bits per heavy atom.